The fourth-order valence-corrected chi connectivity index (χ4v) is 2.60. The van der Waals surface area contributed by atoms with Gasteiger partial charge in [-0.15, -0.1) is 11.3 Å². The number of rotatable bonds is 4. The van der Waals surface area contributed by atoms with Gasteiger partial charge >= 0.3 is 0 Å². The summed E-state index contributed by atoms with van der Waals surface area (Å²) in [5.74, 6) is 0. The molecule has 0 saturated carbocycles. The predicted molar refractivity (Wildman–Crippen MR) is 65.4 cm³/mol. The normalized spacial score (nSPS) is 19.8. The van der Waals surface area contributed by atoms with Gasteiger partial charge in [-0.2, -0.15) is 0 Å². The quantitative estimate of drug-likeness (QED) is 0.736. The first kappa shape index (κ1) is 11.9. The number of ether oxygens (including phenoxy) is 1. The first-order valence-corrected chi connectivity index (χ1v) is 6.40. The summed E-state index contributed by atoms with van der Waals surface area (Å²) in [6.45, 7) is 2.64. The van der Waals surface area contributed by atoms with Crippen molar-refractivity contribution in [2.24, 2.45) is 0 Å². The summed E-state index contributed by atoms with van der Waals surface area (Å²) >= 11 is 1.64. The van der Waals surface area contributed by atoms with E-state index in [1.54, 1.807) is 11.3 Å². The molecular weight excluding hydrogens is 224 g/mol. The van der Waals surface area contributed by atoms with Gasteiger partial charge in [-0.3, -0.25) is 0 Å². The van der Waals surface area contributed by atoms with Crippen LogP contribution in [0.5, 0.6) is 0 Å². The number of hydrogen-bond donors (Lipinski definition) is 3. The van der Waals surface area contributed by atoms with E-state index in [-0.39, 0.29) is 0 Å². The lowest BCUT2D eigenvalue weighted by molar-refractivity contribution is -0.0616. The molecule has 0 aromatic carbocycles. The number of nitrogens with two attached hydrogens (primary N) is 1. The number of hydrogen-bond acceptors (Lipinski definition) is 5. The lowest BCUT2D eigenvalue weighted by atomic mass is 9.94. The number of thiophene rings is 1. The molecule has 1 aliphatic rings. The Bertz CT molecular complexity index is 334. The van der Waals surface area contributed by atoms with Crippen LogP contribution in [0.15, 0.2) is 11.4 Å². The molecule has 1 fully saturated rings. The lowest BCUT2D eigenvalue weighted by Crippen LogP contribution is -2.44. The fourth-order valence-electron chi connectivity index (χ4n) is 1.83. The highest BCUT2D eigenvalue weighted by Gasteiger charge is 2.29. The third kappa shape index (κ3) is 2.95. The van der Waals surface area contributed by atoms with Crippen LogP contribution in [0, 0.1) is 0 Å². The van der Waals surface area contributed by atoms with E-state index in [4.69, 9.17) is 10.5 Å². The monoisotopic (exact) mass is 242 g/mol. The third-order valence-electron chi connectivity index (χ3n) is 2.94. The summed E-state index contributed by atoms with van der Waals surface area (Å²) in [6.07, 6.45) is 1.42. The van der Waals surface area contributed by atoms with Gasteiger partial charge in [0, 0.05) is 49.7 Å². The summed E-state index contributed by atoms with van der Waals surface area (Å²) in [4.78, 5) is 1.13. The van der Waals surface area contributed by atoms with Gasteiger partial charge in [0.25, 0.3) is 0 Å². The van der Waals surface area contributed by atoms with Crippen molar-refractivity contribution in [2.75, 3.05) is 25.5 Å². The van der Waals surface area contributed by atoms with Gasteiger partial charge < -0.3 is 20.9 Å². The maximum absolute atomic E-state index is 10.2. The zero-order chi connectivity index (χ0) is 11.4. The number of nitrogen functional groups attached to an aromatic ring is 1. The minimum absolute atomic E-state index is 0.605. The van der Waals surface area contributed by atoms with Crippen LogP contribution in [0.1, 0.15) is 17.7 Å². The van der Waals surface area contributed by atoms with Crippen LogP contribution in [0.2, 0.25) is 0 Å². The van der Waals surface area contributed by atoms with Crippen LogP contribution in [-0.4, -0.2) is 30.5 Å². The molecule has 1 saturated heterocycles. The number of anilines is 1. The van der Waals surface area contributed by atoms with Gasteiger partial charge in [0.05, 0.1) is 5.60 Å². The standard InChI is InChI=1S/C11H18N2O2S/c12-9-1-6-16-10(9)7-13-8-11(14)2-4-15-5-3-11/h1,6,13-14H,2-5,7-8,12H2. The lowest BCUT2D eigenvalue weighted by Gasteiger charge is -2.32. The topological polar surface area (TPSA) is 67.5 Å². The van der Waals surface area contributed by atoms with Gasteiger partial charge in [0.1, 0.15) is 0 Å². The van der Waals surface area contributed by atoms with E-state index in [1.807, 2.05) is 11.4 Å². The number of aliphatic hydroxyl groups is 1. The van der Waals surface area contributed by atoms with Crippen molar-refractivity contribution < 1.29 is 9.84 Å². The molecule has 16 heavy (non-hydrogen) atoms. The summed E-state index contributed by atoms with van der Waals surface area (Å²) in [6, 6.07) is 1.91. The van der Waals surface area contributed by atoms with Crippen molar-refractivity contribution in [3.8, 4) is 0 Å². The van der Waals surface area contributed by atoms with Crippen molar-refractivity contribution in [3.63, 3.8) is 0 Å². The van der Waals surface area contributed by atoms with Gasteiger partial charge in [0.15, 0.2) is 0 Å². The molecular formula is C11H18N2O2S. The molecule has 90 valence electrons. The Morgan fingerprint density at radius 2 is 2.25 bits per heavy atom. The molecule has 2 heterocycles. The van der Waals surface area contributed by atoms with Crippen LogP contribution in [-0.2, 0) is 11.3 Å². The Morgan fingerprint density at radius 1 is 1.50 bits per heavy atom. The smallest absolute Gasteiger partial charge is 0.0815 e. The highest BCUT2D eigenvalue weighted by molar-refractivity contribution is 7.10. The Labute approximate surface area is 99.4 Å². The van der Waals surface area contributed by atoms with E-state index in [9.17, 15) is 5.11 Å². The maximum atomic E-state index is 10.2. The van der Waals surface area contributed by atoms with E-state index in [2.05, 4.69) is 5.32 Å². The molecule has 0 amide bonds. The molecule has 0 atom stereocenters. The first-order valence-electron chi connectivity index (χ1n) is 5.52. The van der Waals surface area contributed by atoms with Crippen molar-refractivity contribution in [1.82, 2.24) is 5.32 Å². The van der Waals surface area contributed by atoms with Crippen LogP contribution < -0.4 is 11.1 Å². The summed E-state index contributed by atoms with van der Waals surface area (Å²) < 4.78 is 5.23. The molecule has 5 heteroatoms. The second kappa shape index (κ2) is 5.14. The molecule has 4 nitrogen and oxygen atoms in total. The van der Waals surface area contributed by atoms with E-state index in [0.717, 1.165) is 17.1 Å². The molecule has 0 aliphatic carbocycles. The van der Waals surface area contributed by atoms with Crippen LogP contribution in [0.3, 0.4) is 0 Å². The molecule has 0 radical (unpaired) electrons. The van der Waals surface area contributed by atoms with Crippen molar-refractivity contribution in [3.05, 3.63) is 16.3 Å². The fraction of sp³-hybridized carbons (Fsp3) is 0.636. The van der Waals surface area contributed by atoms with Gasteiger partial charge in [-0.25, -0.2) is 0 Å². The van der Waals surface area contributed by atoms with E-state index < -0.39 is 5.60 Å². The highest BCUT2D eigenvalue weighted by Crippen LogP contribution is 2.21. The zero-order valence-electron chi connectivity index (χ0n) is 9.24. The second-order valence-corrected chi connectivity index (χ2v) is 5.24. The summed E-state index contributed by atoms with van der Waals surface area (Å²) in [5, 5.41) is 15.4. The van der Waals surface area contributed by atoms with Gasteiger partial charge in [0.2, 0.25) is 0 Å². The Balaban J connectivity index is 1.77. The maximum Gasteiger partial charge on any atom is 0.0815 e. The van der Waals surface area contributed by atoms with Gasteiger partial charge in [-0.05, 0) is 11.4 Å². The predicted octanol–water partition coefficient (Wildman–Crippen LogP) is 0.961. The molecule has 0 bridgehead atoms. The zero-order valence-corrected chi connectivity index (χ0v) is 10.1. The van der Waals surface area contributed by atoms with Crippen molar-refractivity contribution >= 4 is 17.0 Å². The van der Waals surface area contributed by atoms with Crippen LogP contribution in [0.25, 0.3) is 0 Å². The SMILES string of the molecule is Nc1ccsc1CNCC1(O)CCOCC1. The minimum atomic E-state index is -0.607. The third-order valence-corrected chi connectivity index (χ3v) is 3.88. The second-order valence-electron chi connectivity index (χ2n) is 4.24. The van der Waals surface area contributed by atoms with Crippen LogP contribution >= 0.6 is 11.3 Å². The van der Waals surface area contributed by atoms with Crippen molar-refractivity contribution in [2.45, 2.75) is 25.0 Å². The summed E-state index contributed by atoms with van der Waals surface area (Å²) in [5.41, 5.74) is 6.00. The van der Waals surface area contributed by atoms with Gasteiger partial charge in [-0.1, -0.05) is 0 Å². The minimum Gasteiger partial charge on any atom is -0.398 e. The Hall–Kier alpha value is -0.620. The molecule has 1 aromatic heterocycles. The molecule has 4 N–H and O–H groups in total. The largest absolute Gasteiger partial charge is 0.398 e. The Kier molecular flexibility index (Phi) is 3.81. The average Bonchev–Trinajstić information content (AvgIpc) is 2.65. The molecule has 1 aromatic rings. The Morgan fingerprint density at radius 3 is 2.88 bits per heavy atom. The van der Waals surface area contributed by atoms with E-state index in [0.29, 0.717) is 32.6 Å². The molecule has 0 spiro atoms. The van der Waals surface area contributed by atoms with Crippen LogP contribution in [0.4, 0.5) is 5.69 Å². The molecule has 2 rings (SSSR count). The molecule has 0 unspecified atom stereocenters. The average molecular weight is 242 g/mol. The van der Waals surface area contributed by atoms with Crippen molar-refractivity contribution in [1.29, 1.82) is 0 Å². The van der Waals surface area contributed by atoms with E-state index >= 15 is 0 Å². The highest BCUT2D eigenvalue weighted by atomic mass is 32.1. The summed E-state index contributed by atoms with van der Waals surface area (Å²) in [7, 11) is 0. The first-order chi connectivity index (χ1) is 7.70. The molecule has 1 aliphatic heterocycles. The number of nitrogens with one attached hydrogen (secondary N) is 1. The van der Waals surface area contributed by atoms with E-state index in [1.165, 1.54) is 0 Å².